The van der Waals surface area contributed by atoms with Gasteiger partial charge in [0.15, 0.2) is 0 Å². The smallest absolute Gasteiger partial charge is 0.305 e. The number of hydrogen-bond acceptors (Lipinski definition) is 10. The molecule has 2 saturated heterocycles. The highest BCUT2D eigenvalue weighted by Crippen LogP contribution is 2.36. The number of methoxy groups -OCH3 is 4. The van der Waals surface area contributed by atoms with Crippen molar-refractivity contribution in [1.29, 1.82) is 0 Å². The van der Waals surface area contributed by atoms with Gasteiger partial charge in [0.1, 0.15) is 20.4 Å². The molecular formula is C41H78O10. The van der Waals surface area contributed by atoms with Gasteiger partial charge in [-0.2, -0.15) is 0 Å². The Morgan fingerprint density at radius 3 is 1.37 bits per heavy atom. The molecule has 302 valence electrons. The van der Waals surface area contributed by atoms with E-state index in [1.807, 2.05) is 0 Å². The number of rotatable bonds is 35. The average Bonchev–Trinajstić information content (AvgIpc) is 3.84. The summed E-state index contributed by atoms with van der Waals surface area (Å²) >= 11 is 0. The van der Waals surface area contributed by atoms with Gasteiger partial charge in [-0.1, -0.05) is 110 Å². The van der Waals surface area contributed by atoms with Crippen molar-refractivity contribution < 1.29 is 47.4 Å². The zero-order valence-corrected chi connectivity index (χ0v) is 33.4. The standard InChI is InChI=1S/C41H78O10/c1-6-7-8-9-10-14-17-20-23-35(48-32-44-3)37-26-28-39(50-37)40-29-27-38(51-40)36(49-33-45-4)24-21-18-15-12-11-13-16-19-22-34(47-31-43-2)25-30-41(42)46-5/h34-40H,6-33H2,1-5H3/t34-,35-,36+,37-,38-,39-,40-/m1/s1. The molecule has 0 radical (unpaired) electrons. The van der Waals surface area contributed by atoms with Gasteiger partial charge in [-0.05, 0) is 51.4 Å². The first kappa shape index (κ1) is 46.3. The summed E-state index contributed by atoms with van der Waals surface area (Å²) in [6.07, 6.45) is 28.8. The third-order valence-electron chi connectivity index (χ3n) is 10.6. The van der Waals surface area contributed by atoms with E-state index in [9.17, 15) is 4.79 Å². The van der Waals surface area contributed by atoms with E-state index in [2.05, 4.69) is 6.92 Å². The average molecular weight is 731 g/mol. The van der Waals surface area contributed by atoms with Crippen LogP contribution in [0, 0.1) is 0 Å². The second-order valence-electron chi connectivity index (χ2n) is 14.8. The minimum Gasteiger partial charge on any atom is -0.469 e. The maximum absolute atomic E-state index is 11.5. The molecule has 2 aliphatic heterocycles. The zero-order valence-electron chi connectivity index (χ0n) is 33.4. The van der Waals surface area contributed by atoms with Gasteiger partial charge in [0.05, 0.1) is 49.8 Å². The predicted molar refractivity (Wildman–Crippen MR) is 201 cm³/mol. The van der Waals surface area contributed by atoms with Crippen molar-refractivity contribution in [2.24, 2.45) is 0 Å². The van der Waals surface area contributed by atoms with Crippen molar-refractivity contribution in [3.63, 3.8) is 0 Å². The Kier molecular flexibility index (Phi) is 28.6. The van der Waals surface area contributed by atoms with Crippen LogP contribution in [0.15, 0.2) is 0 Å². The summed E-state index contributed by atoms with van der Waals surface area (Å²) in [5, 5.41) is 0. The molecule has 2 aliphatic rings. The van der Waals surface area contributed by atoms with Gasteiger partial charge in [-0.15, -0.1) is 0 Å². The Morgan fingerprint density at radius 1 is 0.529 bits per heavy atom. The lowest BCUT2D eigenvalue weighted by atomic mass is 10.00. The SMILES string of the molecule is CCCCCCCCCC[C@@H](OCOC)[C@H]1CC[C@H]([C@H]2CC[C@H]([C@H](CCCCCCCCCC[C@H](CCC(=O)OC)OCOC)OCOC)O2)O1. The fourth-order valence-electron chi connectivity index (χ4n) is 7.65. The molecule has 7 atom stereocenters. The van der Waals surface area contributed by atoms with Crippen molar-refractivity contribution in [2.75, 3.05) is 48.8 Å². The van der Waals surface area contributed by atoms with Crippen LogP contribution in [-0.4, -0.2) is 97.5 Å². The first-order valence-corrected chi connectivity index (χ1v) is 20.7. The maximum atomic E-state index is 11.5. The highest BCUT2D eigenvalue weighted by molar-refractivity contribution is 5.69. The third kappa shape index (κ3) is 21.6. The van der Waals surface area contributed by atoms with E-state index >= 15 is 0 Å². The Hall–Kier alpha value is -0.850. The molecule has 0 aliphatic carbocycles. The largest absolute Gasteiger partial charge is 0.469 e. The van der Waals surface area contributed by atoms with Gasteiger partial charge in [0.2, 0.25) is 0 Å². The lowest BCUT2D eigenvalue weighted by Crippen LogP contribution is -2.35. The highest BCUT2D eigenvalue weighted by atomic mass is 16.7. The van der Waals surface area contributed by atoms with E-state index < -0.39 is 0 Å². The van der Waals surface area contributed by atoms with Crippen LogP contribution in [0.3, 0.4) is 0 Å². The molecule has 0 aromatic rings. The molecule has 0 aromatic heterocycles. The number of hydrogen-bond donors (Lipinski definition) is 0. The monoisotopic (exact) mass is 731 g/mol. The quantitative estimate of drug-likeness (QED) is 0.0356. The summed E-state index contributed by atoms with van der Waals surface area (Å²) in [5.41, 5.74) is 0. The number of esters is 1. The van der Waals surface area contributed by atoms with Crippen molar-refractivity contribution in [3.05, 3.63) is 0 Å². The number of carbonyl (C=O) groups excluding carboxylic acids is 1. The first-order chi connectivity index (χ1) is 25.1. The fraction of sp³-hybridized carbons (Fsp3) is 0.976. The topological polar surface area (TPSA) is 100 Å². The molecule has 10 heteroatoms. The molecule has 0 spiro atoms. The van der Waals surface area contributed by atoms with Crippen LogP contribution >= 0.6 is 0 Å². The minimum atomic E-state index is -0.188. The third-order valence-corrected chi connectivity index (χ3v) is 10.6. The Balaban J connectivity index is 1.64. The van der Waals surface area contributed by atoms with E-state index in [0.717, 1.165) is 57.8 Å². The van der Waals surface area contributed by atoms with Crippen molar-refractivity contribution in [3.8, 4) is 0 Å². The van der Waals surface area contributed by atoms with Gasteiger partial charge in [0, 0.05) is 27.8 Å². The molecule has 0 amide bonds. The highest BCUT2D eigenvalue weighted by Gasteiger charge is 2.41. The minimum absolute atomic E-state index is 0.0430. The van der Waals surface area contributed by atoms with E-state index in [0.29, 0.717) is 26.4 Å². The van der Waals surface area contributed by atoms with E-state index in [1.54, 1.807) is 21.3 Å². The second-order valence-corrected chi connectivity index (χ2v) is 14.8. The normalized spacial score (nSPS) is 22.4. The predicted octanol–water partition coefficient (Wildman–Crippen LogP) is 9.43. The molecule has 2 heterocycles. The molecule has 10 nitrogen and oxygen atoms in total. The van der Waals surface area contributed by atoms with Crippen molar-refractivity contribution in [1.82, 2.24) is 0 Å². The van der Waals surface area contributed by atoms with E-state index in [-0.39, 0.29) is 55.5 Å². The van der Waals surface area contributed by atoms with E-state index in [1.165, 1.54) is 97.0 Å². The number of unbranched alkanes of at least 4 members (excludes halogenated alkanes) is 14. The molecule has 0 saturated carbocycles. The van der Waals surface area contributed by atoms with Gasteiger partial charge in [-0.3, -0.25) is 4.79 Å². The molecule has 0 unspecified atom stereocenters. The van der Waals surface area contributed by atoms with Crippen LogP contribution in [0.5, 0.6) is 0 Å². The van der Waals surface area contributed by atoms with Gasteiger partial charge >= 0.3 is 5.97 Å². The zero-order chi connectivity index (χ0) is 36.8. The van der Waals surface area contributed by atoms with Crippen LogP contribution in [-0.2, 0) is 47.4 Å². The fourth-order valence-corrected chi connectivity index (χ4v) is 7.65. The van der Waals surface area contributed by atoms with Gasteiger partial charge in [-0.25, -0.2) is 0 Å². The van der Waals surface area contributed by atoms with Crippen LogP contribution < -0.4 is 0 Å². The summed E-state index contributed by atoms with van der Waals surface area (Å²) < 4.78 is 51.8. The summed E-state index contributed by atoms with van der Waals surface area (Å²) in [4.78, 5) is 11.5. The van der Waals surface area contributed by atoms with Crippen LogP contribution in [0.1, 0.15) is 167 Å². The summed E-state index contributed by atoms with van der Waals surface area (Å²) in [6, 6.07) is 0. The first-order valence-electron chi connectivity index (χ1n) is 20.7. The molecule has 0 bridgehead atoms. The summed E-state index contributed by atoms with van der Waals surface area (Å²) in [5.74, 6) is -0.188. The lowest BCUT2D eigenvalue weighted by Gasteiger charge is -2.27. The molecule has 0 N–H and O–H groups in total. The van der Waals surface area contributed by atoms with E-state index in [4.69, 9.17) is 42.6 Å². The van der Waals surface area contributed by atoms with Crippen LogP contribution in [0.4, 0.5) is 0 Å². The van der Waals surface area contributed by atoms with Crippen molar-refractivity contribution >= 4 is 5.97 Å². The Morgan fingerprint density at radius 2 is 0.941 bits per heavy atom. The van der Waals surface area contributed by atoms with Gasteiger partial charge in [0.25, 0.3) is 0 Å². The summed E-state index contributed by atoms with van der Waals surface area (Å²) in [7, 11) is 6.43. The maximum Gasteiger partial charge on any atom is 0.305 e. The molecule has 2 rings (SSSR count). The lowest BCUT2D eigenvalue weighted by molar-refractivity contribution is -0.158. The Labute approximate surface area is 312 Å². The second kappa shape index (κ2) is 31.5. The summed E-state index contributed by atoms with van der Waals surface area (Å²) in [6.45, 7) is 3.15. The number of ether oxygens (including phenoxy) is 9. The molecule has 0 aromatic carbocycles. The Bertz CT molecular complexity index is 800. The van der Waals surface area contributed by atoms with Crippen LogP contribution in [0.2, 0.25) is 0 Å². The number of carbonyl (C=O) groups is 1. The molecule has 51 heavy (non-hydrogen) atoms. The van der Waals surface area contributed by atoms with Gasteiger partial charge < -0.3 is 42.6 Å². The van der Waals surface area contributed by atoms with Crippen molar-refractivity contribution in [2.45, 2.75) is 210 Å². The van der Waals surface area contributed by atoms with Crippen LogP contribution in [0.25, 0.3) is 0 Å². The molecule has 2 fully saturated rings. The molecular weight excluding hydrogens is 652 g/mol.